The molecule has 112 valence electrons. The lowest BCUT2D eigenvalue weighted by atomic mass is 9.98. The predicted octanol–water partition coefficient (Wildman–Crippen LogP) is 4.30. The first-order valence-electron chi connectivity index (χ1n) is 7.35. The highest BCUT2D eigenvalue weighted by atomic mass is 35.5. The molecule has 21 heavy (non-hydrogen) atoms. The van der Waals surface area contributed by atoms with E-state index in [0.29, 0.717) is 6.04 Å². The van der Waals surface area contributed by atoms with Gasteiger partial charge in [-0.3, -0.25) is 0 Å². The number of likely N-dealkylation sites (N-methyl/N-ethyl adjacent to an activating group) is 1. The summed E-state index contributed by atoms with van der Waals surface area (Å²) in [5, 5.41) is 4.36. The summed E-state index contributed by atoms with van der Waals surface area (Å²) in [7, 11) is 4.12. The lowest BCUT2D eigenvalue weighted by Crippen LogP contribution is -2.23. The van der Waals surface area contributed by atoms with Crippen LogP contribution in [0.1, 0.15) is 24.1 Å². The van der Waals surface area contributed by atoms with Gasteiger partial charge in [0, 0.05) is 30.8 Å². The van der Waals surface area contributed by atoms with Crippen LogP contribution in [0.2, 0.25) is 5.02 Å². The fourth-order valence-corrected chi connectivity index (χ4v) is 2.67. The first-order valence-corrected chi connectivity index (χ1v) is 7.73. The zero-order valence-electron chi connectivity index (χ0n) is 12.9. The fourth-order valence-electron chi connectivity index (χ4n) is 2.46. The third kappa shape index (κ3) is 4.48. The lowest BCUT2D eigenvalue weighted by molar-refractivity contribution is 0.550. The third-order valence-electron chi connectivity index (χ3n) is 3.59. The highest BCUT2D eigenvalue weighted by Crippen LogP contribution is 2.22. The average Bonchev–Trinajstić information content (AvgIpc) is 2.47. The van der Waals surface area contributed by atoms with E-state index in [1.165, 1.54) is 16.8 Å². The van der Waals surface area contributed by atoms with Crippen molar-refractivity contribution in [1.29, 1.82) is 0 Å². The molecule has 2 nitrogen and oxygen atoms in total. The molecule has 0 saturated heterocycles. The van der Waals surface area contributed by atoms with Crippen LogP contribution in [0.5, 0.6) is 0 Å². The summed E-state index contributed by atoms with van der Waals surface area (Å²) in [5.74, 6) is 0. The van der Waals surface area contributed by atoms with Gasteiger partial charge >= 0.3 is 0 Å². The first-order chi connectivity index (χ1) is 10.1. The van der Waals surface area contributed by atoms with Gasteiger partial charge in [-0.05, 0) is 48.4 Å². The van der Waals surface area contributed by atoms with Gasteiger partial charge in [0.2, 0.25) is 0 Å². The minimum atomic E-state index is 0.310. The summed E-state index contributed by atoms with van der Waals surface area (Å²) in [6.45, 7) is 3.08. The monoisotopic (exact) mass is 302 g/mol. The minimum absolute atomic E-state index is 0.310. The van der Waals surface area contributed by atoms with Crippen molar-refractivity contribution < 1.29 is 0 Å². The van der Waals surface area contributed by atoms with Crippen molar-refractivity contribution in [1.82, 2.24) is 5.32 Å². The largest absolute Gasteiger partial charge is 0.378 e. The van der Waals surface area contributed by atoms with Crippen LogP contribution in [-0.4, -0.2) is 20.6 Å². The Morgan fingerprint density at radius 2 is 1.81 bits per heavy atom. The molecule has 2 rings (SSSR count). The zero-order valence-corrected chi connectivity index (χ0v) is 13.7. The van der Waals surface area contributed by atoms with Crippen LogP contribution < -0.4 is 10.2 Å². The van der Waals surface area contributed by atoms with Crippen LogP contribution in [0, 0.1) is 0 Å². The molecule has 0 saturated carbocycles. The standard InChI is InChI=1S/C18H23ClN2/c1-4-20-18(13-14-6-5-7-16(19)12-14)15-8-10-17(11-9-15)21(2)3/h5-12,18,20H,4,13H2,1-3H3. The molecule has 0 spiro atoms. The minimum Gasteiger partial charge on any atom is -0.378 e. The van der Waals surface area contributed by atoms with Crippen LogP contribution in [0.3, 0.4) is 0 Å². The lowest BCUT2D eigenvalue weighted by Gasteiger charge is -2.20. The number of nitrogens with zero attached hydrogens (tertiary/aromatic N) is 1. The highest BCUT2D eigenvalue weighted by Gasteiger charge is 2.11. The maximum atomic E-state index is 6.08. The van der Waals surface area contributed by atoms with E-state index in [4.69, 9.17) is 11.6 Å². The summed E-state index contributed by atoms with van der Waals surface area (Å²) >= 11 is 6.08. The van der Waals surface area contributed by atoms with Crippen molar-refractivity contribution in [2.75, 3.05) is 25.5 Å². The Morgan fingerprint density at radius 1 is 1.10 bits per heavy atom. The van der Waals surface area contributed by atoms with Gasteiger partial charge in [0.25, 0.3) is 0 Å². The van der Waals surface area contributed by atoms with Crippen molar-refractivity contribution >= 4 is 17.3 Å². The molecular formula is C18H23ClN2. The maximum Gasteiger partial charge on any atom is 0.0408 e. The van der Waals surface area contributed by atoms with Crippen LogP contribution in [0.25, 0.3) is 0 Å². The second kappa shape index (κ2) is 7.48. The number of hydrogen-bond donors (Lipinski definition) is 1. The third-order valence-corrected chi connectivity index (χ3v) is 3.83. The zero-order chi connectivity index (χ0) is 15.2. The van der Waals surface area contributed by atoms with Crippen molar-refractivity contribution in [3.05, 3.63) is 64.7 Å². The molecule has 0 heterocycles. The van der Waals surface area contributed by atoms with Crippen LogP contribution in [-0.2, 0) is 6.42 Å². The second-order valence-electron chi connectivity index (χ2n) is 5.43. The Labute approximate surface area is 132 Å². The molecule has 1 unspecified atom stereocenters. The topological polar surface area (TPSA) is 15.3 Å². The molecule has 0 fully saturated rings. The van der Waals surface area contributed by atoms with E-state index >= 15 is 0 Å². The van der Waals surface area contributed by atoms with Crippen LogP contribution in [0.4, 0.5) is 5.69 Å². The Kier molecular flexibility index (Phi) is 5.66. The molecule has 1 atom stereocenters. The first kappa shape index (κ1) is 15.9. The summed E-state index contributed by atoms with van der Waals surface area (Å²) in [4.78, 5) is 2.11. The molecule has 2 aromatic carbocycles. The molecule has 0 aliphatic heterocycles. The highest BCUT2D eigenvalue weighted by molar-refractivity contribution is 6.30. The van der Waals surface area contributed by atoms with Crippen molar-refractivity contribution in [3.63, 3.8) is 0 Å². The summed E-state index contributed by atoms with van der Waals surface area (Å²) in [6, 6.07) is 17.1. The molecule has 3 heteroatoms. The van der Waals surface area contributed by atoms with E-state index in [1.54, 1.807) is 0 Å². The van der Waals surface area contributed by atoms with E-state index in [1.807, 2.05) is 18.2 Å². The van der Waals surface area contributed by atoms with Crippen LogP contribution >= 0.6 is 11.6 Å². The number of rotatable bonds is 6. The molecule has 0 aliphatic carbocycles. The number of halogens is 1. The number of benzene rings is 2. The molecule has 0 radical (unpaired) electrons. The van der Waals surface area contributed by atoms with Gasteiger partial charge in [-0.25, -0.2) is 0 Å². The van der Waals surface area contributed by atoms with E-state index in [9.17, 15) is 0 Å². The number of anilines is 1. The molecule has 0 amide bonds. The van der Waals surface area contributed by atoms with Gasteiger partial charge in [0.05, 0.1) is 0 Å². The van der Waals surface area contributed by atoms with E-state index in [0.717, 1.165) is 18.0 Å². The van der Waals surface area contributed by atoms with E-state index < -0.39 is 0 Å². The van der Waals surface area contributed by atoms with E-state index in [2.05, 4.69) is 61.6 Å². The average molecular weight is 303 g/mol. The maximum absolute atomic E-state index is 6.08. The molecule has 1 N–H and O–H groups in total. The SMILES string of the molecule is CCNC(Cc1cccc(Cl)c1)c1ccc(N(C)C)cc1. The van der Waals surface area contributed by atoms with Crippen molar-refractivity contribution in [2.45, 2.75) is 19.4 Å². The van der Waals surface area contributed by atoms with Gasteiger partial charge in [-0.15, -0.1) is 0 Å². The Balaban J connectivity index is 2.18. The van der Waals surface area contributed by atoms with Crippen LogP contribution in [0.15, 0.2) is 48.5 Å². The van der Waals surface area contributed by atoms with Gasteiger partial charge in [-0.1, -0.05) is 42.8 Å². The number of hydrogen-bond acceptors (Lipinski definition) is 2. The van der Waals surface area contributed by atoms with Gasteiger partial charge in [0.1, 0.15) is 0 Å². The molecule has 2 aromatic rings. The molecule has 0 aromatic heterocycles. The van der Waals surface area contributed by atoms with Crippen molar-refractivity contribution in [2.24, 2.45) is 0 Å². The smallest absolute Gasteiger partial charge is 0.0408 e. The summed E-state index contributed by atoms with van der Waals surface area (Å²) < 4.78 is 0. The quantitative estimate of drug-likeness (QED) is 0.856. The Hall–Kier alpha value is -1.51. The Morgan fingerprint density at radius 3 is 2.38 bits per heavy atom. The summed E-state index contributed by atoms with van der Waals surface area (Å²) in [6.07, 6.45) is 0.940. The molecule has 0 bridgehead atoms. The second-order valence-corrected chi connectivity index (χ2v) is 5.87. The number of nitrogens with one attached hydrogen (secondary N) is 1. The Bertz CT molecular complexity index is 564. The molecular weight excluding hydrogens is 280 g/mol. The van der Waals surface area contributed by atoms with Crippen molar-refractivity contribution in [3.8, 4) is 0 Å². The van der Waals surface area contributed by atoms with E-state index in [-0.39, 0.29) is 0 Å². The molecule has 0 aliphatic rings. The van der Waals surface area contributed by atoms with Gasteiger partial charge < -0.3 is 10.2 Å². The predicted molar refractivity (Wildman–Crippen MR) is 92.3 cm³/mol. The van der Waals surface area contributed by atoms with Gasteiger partial charge in [-0.2, -0.15) is 0 Å². The summed E-state index contributed by atoms with van der Waals surface area (Å²) in [5.41, 5.74) is 3.78. The normalized spacial score (nSPS) is 12.2. The van der Waals surface area contributed by atoms with Gasteiger partial charge in [0.15, 0.2) is 0 Å². The fraction of sp³-hybridized carbons (Fsp3) is 0.333.